The fourth-order valence-electron chi connectivity index (χ4n) is 2.70. The van der Waals surface area contributed by atoms with Crippen LogP contribution in [0.2, 0.25) is 0 Å². The van der Waals surface area contributed by atoms with E-state index < -0.39 is 10.0 Å². The maximum absolute atomic E-state index is 13.1. The van der Waals surface area contributed by atoms with Gasteiger partial charge in [0.1, 0.15) is 6.29 Å². The summed E-state index contributed by atoms with van der Waals surface area (Å²) in [6, 6.07) is 14.0. The van der Waals surface area contributed by atoms with Crippen LogP contribution in [-0.2, 0) is 14.8 Å². The topological polar surface area (TPSA) is 54.5 Å². The molecule has 0 amide bonds. The Labute approximate surface area is 150 Å². The number of hydrogen-bond acceptors (Lipinski definition) is 3. The molecule has 0 bridgehead atoms. The number of aryl methyl sites for hydroxylation is 1. The monoisotopic (exact) mass is 405 g/mol. The van der Waals surface area contributed by atoms with Crippen LogP contribution < -0.4 is 4.31 Å². The molecule has 0 saturated carbocycles. The second-order valence-corrected chi connectivity index (χ2v) is 8.27. The highest BCUT2D eigenvalue weighted by Gasteiger charge is 2.29. The molecule has 0 spiro atoms. The Morgan fingerprint density at radius 1 is 1.08 bits per heavy atom. The Morgan fingerprint density at radius 3 is 2.42 bits per heavy atom. The molecule has 1 heterocycles. The molecule has 0 aromatic heterocycles. The van der Waals surface area contributed by atoms with Gasteiger partial charge in [-0.05, 0) is 47.5 Å². The number of sulfonamides is 1. The molecule has 0 atom stereocenters. The molecule has 0 N–H and O–H groups in total. The van der Waals surface area contributed by atoms with E-state index in [0.29, 0.717) is 27.7 Å². The zero-order valence-electron chi connectivity index (χ0n) is 13.1. The van der Waals surface area contributed by atoms with Gasteiger partial charge in [0, 0.05) is 22.2 Å². The number of anilines is 1. The van der Waals surface area contributed by atoms with Crippen LogP contribution >= 0.6 is 15.9 Å². The molecule has 0 saturated heterocycles. The number of nitrogens with zero attached hydrogens (tertiary/aromatic N) is 1. The standard InChI is InChI=1S/C18H16BrNO3S/c1-13-6-8-15(9-7-13)24(22,23)20-11-10-14(12-21)18(19)16-4-2-3-5-17(16)20/h2-9,12H,10-11H2,1H3. The summed E-state index contributed by atoms with van der Waals surface area (Å²) in [5.74, 6) is 0. The normalized spacial score (nSPS) is 15.0. The lowest BCUT2D eigenvalue weighted by Gasteiger charge is -2.24. The number of fused-ring (bicyclic) bond motifs is 1. The fraction of sp³-hybridized carbons (Fsp3) is 0.167. The number of aldehydes is 1. The molecular weight excluding hydrogens is 390 g/mol. The third-order valence-electron chi connectivity index (χ3n) is 4.03. The van der Waals surface area contributed by atoms with Gasteiger partial charge in [0.15, 0.2) is 0 Å². The first-order valence-corrected chi connectivity index (χ1v) is 9.71. The Morgan fingerprint density at radius 2 is 1.75 bits per heavy atom. The molecule has 0 unspecified atom stereocenters. The van der Waals surface area contributed by atoms with Crippen molar-refractivity contribution in [2.75, 3.05) is 10.8 Å². The highest BCUT2D eigenvalue weighted by atomic mass is 79.9. The summed E-state index contributed by atoms with van der Waals surface area (Å²) in [4.78, 5) is 11.6. The van der Waals surface area contributed by atoms with E-state index in [2.05, 4.69) is 15.9 Å². The van der Waals surface area contributed by atoms with Crippen molar-refractivity contribution < 1.29 is 13.2 Å². The van der Waals surface area contributed by atoms with Crippen LogP contribution in [-0.4, -0.2) is 21.2 Å². The molecule has 4 nitrogen and oxygen atoms in total. The van der Waals surface area contributed by atoms with Gasteiger partial charge in [-0.3, -0.25) is 9.10 Å². The highest BCUT2D eigenvalue weighted by molar-refractivity contribution is 9.15. The van der Waals surface area contributed by atoms with E-state index in [0.717, 1.165) is 11.8 Å². The molecule has 1 aliphatic heterocycles. The summed E-state index contributed by atoms with van der Waals surface area (Å²) in [6.45, 7) is 2.13. The van der Waals surface area contributed by atoms with Crippen LogP contribution in [0.25, 0.3) is 4.48 Å². The minimum absolute atomic E-state index is 0.219. The van der Waals surface area contributed by atoms with Crippen LogP contribution in [0.5, 0.6) is 0 Å². The summed E-state index contributed by atoms with van der Waals surface area (Å²) < 4.78 is 28.3. The Kier molecular flexibility index (Phi) is 4.60. The van der Waals surface area contributed by atoms with Gasteiger partial charge in [0.25, 0.3) is 10.0 Å². The van der Waals surface area contributed by atoms with Gasteiger partial charge in [-0.2, -0.15) is 0 Å². The number of benzene rings is 2. The second-order valence-electron chi connectivity index (χ2n) is 5.61. The van der Waals surface area contributed by atoms with Crippen molar-refractivity contribution in [2.24, 2.45) is 0 Å². The average Bonchev–Trinajstić information content (AvgIpc) is 2.72. The molecule has 0 aliphatic carbocycles. The zero-order valence-corrected chi connectivity index (χ0v) is 15.5. The molecule has 0 fully saturated rings. The van der Waals surface area contributed by atoms with Crippen molar-refractivity contribution in [1.82, 2.24) is 0 Å². The number of carbonyl (C=O) groups excluding carboxylic acids is 1. The van der Waals surface area contributed by atoms with E-state index in [4.69, 9.17) is 0 Å². The maximum atomic E-state index is 13.1. The summed E-state index contributed by atoms with van der Waals surface area (Å²) in [5.41, 5.74) is 2.83. The Bertz CT molecular complexity index is 918. The first-order chi connectivity index (χ1) is 11.4. The largest absolute Gasteiger partial charge is 0.298 e. The predicted octanol–water partition coefficient (Wildman–Crippen LogP) is 3.90. The Hall–Kier alpha value is -1.92. The van der Waals surface area contributed by atoms with Crippen molar-refractivity contribution in [1.29, 1.82) is 0 Å². The van der Waals surface area contributed by atoms with Gasteiger partial charge in [0.05, 0.1) is 10.6 Å². The van der Waals surface area contributed by atoms with E-state index in [1.165, 1.54) is 4.31 Å². The van der Waals surface area contributed by atoms with E-state index >= 15 is 0 Å². The second kappa shape index (κ2) is 6.53. The van der Waals surface area contributed by atoms with Gasteiger partial charge >= 0.3 is 0 Å². The van der Waals surface area contributed by atoms with Crippen LogP contribution in [0.15, 0.2) is 59.0 Å². The van der Waals surface area contributed by atoms with Crippen molar-refractivity contribution in [3.63, 3.8) is 0 Å². The number of para-hydroxylation sites is 1. The SMILES string of the molecule is Cc1ccc(S(=O)(=O)N2CCC(C=O)=C(Br)c3ccccc32)cc1. The molecule has 2 aromatic carbocycles. The molecule has 24 heavy (non-hydrogen) atoms. The van der Waals surface area contributed by atoms with E-state index in [1.807, 2.05) is 19.1 Å². The van der Waals surface area contributed by atoms with Gasteiger partial charge in [-0.1, -0.05) is 35.9 Å². The van der Waals surface area contributed by atoms with Crippen LogP contribution in [0.3, 0.4) is 0 Å². The van der Waals surface area contributed by atoms with Crippen molar-refractivity contribution in [3.05, 3.63) is 65.2 Å². The van der Waals surface area contributed by atoms with Gasteiger partial charge in [-0.15, -0.1) is 0 Å². The number of rotatable bonds is 3. The fourth-order valence-corrected chi connectivity index (χ4v) is 4.81. The molecule has 2 aromatic rings. The highest BCUT2D eigenvalue weighted by Crippen LogP contribution is 2.39. The Balaban J connectivity index is 2.15. The summed E-state index contributed by atoms with van der Waals surface area (Å²) in [7, 11) is -3.70. The first kappa shape index (κ1) is 16.9. The summed E-state index contributed by atoms with van der Waals surface area (Å²) in [6.07, 6.45) is 1.13. The molecule has 1 aliphatic rings. The van der Waals surface area contributed by atoms with E-state index in [1.54, 1.807) is 36.4 Å². The maximum Gasteiger partial charge on any atom is 0.264 e. The molecule has 0 radical (unpaired) electrons. The van der Waals surface area contributed by atoms with Crippen molar-refractivity contribution in [3.8, 4) is 0 Å². The summed E-state index contributed by atoms with van der Waals surface area (Å²) in [5, 5.41) is 0. The predicted molar refractivity (Wildman–Crippen MR) is 98.7 cm³/mol. The number of hydrogen-bond donors (Lipinski definition) is 0. The summed E-state index contributed by atoms with van der Waals surface area (Å²) >= 11 is 3.45. The van der Waals surface area contributed by atoms with Crippen molar-refractivity contribution in [2.45, 2.75) is 18.2 Å². The lowest BCUT2D eigenvalue weighted by atomic mass is 10.1. The third-order valence-corrected chi connectivity index (χ3v) is 6.79. The van der Waals surface area contributed by atoms with Gasteiger partial charge in [-0.25, -0.2) is 8.42 Å². The molecular formula is C18H16BrNO3S. The first-order valence-electron chi connectivity index (χ1n) is 7.48. The van der Waals surface area contributed by atoms with E-state index in [9.17, 15) is 13.2 Å². The smallest absolute Gasteiger partial charge is 0.264 e. The quantitative estimate of drug-likeness (QED) is 0.727. The minimum Gasteiger partial charge on any atom is -0.298 e. The average molecular weight is 406 g/mol. The lowest BCUT2D eigenvalue weighted by Crippen LogP contribution is -2.32. The zero-order chi connectivity index (χ0) is 17.3. The number of halogens is 1. The van der Waals surface area contributed by atoms with Crippen LogP contribution in [0, 0.1) is 6.92 Å². The minimum atomic E-state index is -3.70. The molecule has 6 heteroatoms. The molecule has 124 valence electrons. The molecule has 3 rings (SSSR count). The van der Waals surface area contributed by atoms with Crippen molar-refractivity contribution >= 4 is 42.4 Å². The van der Waals surface area contributed by atoms with Gasteiger partial charge < -0.3 is 0 Å². The van der Waals surface area contributed by atoms with Crippen LogP contribution in [0.1, 0.15) is 17.5 Å². The van der Waals surface area contributed by atoms with E-state index in [-0.39, 0.29) is 11.4 Å². The van der Waals surface area contributed by atoms with Gasteiger partial charge in [0.2, 0.25) is 0 Å². The lowest BCUT2D eigenvalue weighted by molar-refractivity contribution is -0.104. The van der Waals surface area contributed by atoms with Crippen LogP contribution in [0.4, 0.5) is 5.69 Å². The number of carbonyl (C=O) groups is 1. The third kappa shape index (κ3) is 2.91.